The number of fused-ring (bicyclic) bond motifs is 1. The Kier molecular flexibility index (Phi) is 6.17. The van der Waals surface area contributed by atoms with Gasteiger partial charge in [-0.05, 0) is 41.8 Å². The first-order valence-electron chi connectivity index (χ1n) is 9.88. The lowest BCUT2D eigenvalue weighted by molar-refractivity contribution is 0.0945. The van der Waals surface area contributed by atoms with Crippen LogP contribution in [0.2, 0.25) is 5.02 Å². The van der Waals surface area contributed by atoms with Gasteiger partial charge in [0.05, 0.1) is 13.2 Å². The van der Waals surface area contributed by atoms with Gasteiger partial charge in [-0.3, -0.25) is 4.79 Å². The molecule has 0 radical (unpaired) electrons. The number of methoxy groups -OCH3 is 1. The van der Waals surface area contributed by atoms with E-state index in [1.807, 2.05) is 72.8 Å². The second-order valence-electron chi connectivity index (χ2n) is 7.15. The minimum atomic E-state index is -0.431. The van der Waals surface area contributed by atoms with Crippen LogP contribution in [0.1, 0.15) is 27.5 Å². The molecule has 1 atom stereocenters. The molecule has 2 N–H and O–H groups in total. The number of ketones is 1. The van der Waals surface area contributed by atoms with E-state index in [1.165, 1.54) is 5.56 Å². The van der Waals surface area contributed by atoms with Crippen LogP contribution in [0.25, 0.3) is 10.9 Å². The summed E-state index contributed by atoms with van der Waals surface area (Å²) in [5, 5.41) is 5.07. The van der Waals surface area contributed by atoms with Crippen LogP contribution in [-0.2, 0) is 6.42 Å². The van der Waals surface area contributed by atoms with E-state index in [4.69, 9.17) is 16.3 Å². The van der Waals surface area contributed by atoms with Gasteiger partial charge in [-0.15, -0.1) is 0 Å². The zero-order chi connectivity index (χ0) is 20.9. The molecule has 1 aromatic heterocycles. The second-order valence-corrected chi connectivity index (χ2v) is 7.59. The first-order chi connectivity index (χ1) is 14.7. The summed E-state index contributed by atoms with van der Waals surface area (Å²) < 4.78 is 5.29. The highest BCUT2D eigenvalue weighted by molar-refractivity contribution is 6.30. The molecule has 30 heavy (non-hydrogen) atoms. The summed E-state index contributed by atoms with van der Waals surface area (Å²) in [4.78, 5) is 16.7. The van der Waals surface area contributed by atoms with Crippen molar-refractivity contribution in [1.29, 1.82) is 0 Å². The van der Waals surface area contributed by atoms with Crippen molar-refractivity contribution in [3.05, 3.63) is 101 Å². The van der Waals surface area contributed by atoms with Gasteiger partial charge < -0.3 is 15.0 Å². The molecule has 0 saturated heterocycles. The number of hydrogen-bond donors (Lipinski definition) is 2. The number of halogens is 1. The molecule has 5 heteroatoms. The molecule has 152 valence electrons. The standard InChI is InChI=1S/C25H23ClN2O2/c1-30-20-11-12-21-22(16-28-23(21)15-20)25(29)24(18-5-3-2-4-6-18)27-14-13-17-7-9-19(26)10-8-17/h2-12,15-16,24,27-28H,13-14H2,1H3. The van der Waals surface area contributed by atoms with E-state index in [2.05, 4.69) is 10.3 Å². The minimum Gasteiger partial charge on any atom is -0.497 e. The van der Waals surface area contributed by atoms with Gasteiger partial charge in [0.25, 0.3) is 0 Å². The zero-order valence-corrected chi connectivity index (χ0v) is 17.4. The lowest BCUT2D eigenvalue weighted by atomic mass is 9.96. The van der Waals surface area contributed by atoms with Crippen LogP contribution in [-0.4, -0.2) is 24.4 Å². The number of rotatable bonds is 8. The number of ether oxygens (including phenoxy) is 1. The van der Waals surface area contributed by atoms with Crippen molar-refractivity contribution in [3.8, 4) is 5.75 Å². The van der Waals surface area contributed by atoms with Gasteiger partial charge in [0.2, 0.25) is 0 Å². The van der Waals surface area contributed by atoms with Crippen molar-refractivity contribution in [1.82, 2.24) is 10.3 Å². The van der Waals surface area contributed by atoms with Crippen LogP contribution < -0.4 is 10.1 Å². The summed E-state index contributed by atoms with van der Waals surface area (Å²) in [6.45, 7) is 0.670. The monoisotopic (exact) mass is 418 g/mol. The molecule has 4 rings (SSSR count). The normalized spacial score (nSPS) is 12.1. The molecule has 0 aliphatic carbocycles. The van der Waals surface area contributed by atoms with Gasteiger partial charge in [-0.25, -0.2) is 0 Å². The predicted molar refractivity (Wildman–Crippen MR) is 122 cm³/mol. The van der Waals surface area contributed by atoms with Crippen LogP contribution in [0, 0.1) is 0 Å². The van der Waals surface area contributed by atoms with Crippen LogP contribution in [0.15, 0.2) is 79.0 Å². The first-order valence-corrected chi connectivity index (χ1v) is 10.3. The number of carbonyl (C=O) groups excluding carboxylic acids is 1. The number of nitrogens with one attached hydrogen (secondary N) is 2. The fraction of sp³-hybridized carbons (Fsp3) is 0.160. The molecule has 0 saturated carbocycles. The number of aromatic nitrogens is 1. The van der Waals surface area contributed by atoms with Crippen LogP contribution in [0.4, 0.5) is 0 Å². The lowest BCUT2D eigenvalue weighted by Gasteiger charge is -2.18. The Labute approximate surface area is 180 Å². The Morgan fingerprint density at radius 1 is 1.07 bits per heavy atom. The van der Waals surface area contributed by atoms with Gasteiger partial charge in [-0.2, -0.15) is 0 Å². The maximum Gasteiger partial charge on any atom is 0.186 e. The highest BCUT2D eigenvalue weighted by atomic mass is 35.5. The van der Waals surface area contributed by atoms with Gasteiger partial charge >= 0.3 is 0 Å². The highest BCUT2D eigenvalue weighted by Gasteiger charge is 2.24. The van der Waals surface area contributed by atoms with Crippen molar-refractivity contribution >= 4 is 28.3 Å². The quantitative estimate of drug-likeness (QED) is 0.367. The number of hydrogen-bond acceptors (Lipinski definition) is 3. The maximum atomic E-state index is 13.5. The van der Waals surface area contributed by atoms with Gasteiger partial charge in [-0.1, -0.05) is 54.1 Å². The van der Waals surface area contributed by atoms with Crippen molar-refractivity contribution in [2.75, 3.05) is 13.7 Å². The molecule has 0 bridgehead atoms. The van der Waals surface area contributed by atoms with Crippen LogP contribution in [0.5, 0.6) is 5.75 Å². The summed E-state index contributed by atoms with van der Waals surface area (Å²) in [6.07, 6.45) is 2.59. The number of H-pyrrole nitrogens is 1. The average Bonchev–Trinajstić information content (AvgIpc) is 3.21. The molecule has 4 nitrogen and oxygen atoms in total. The van der Waals surface area contributed by atoms with Crippen molar-refractivity contribution < 1.29 is 9.53 Å². The topological polar surface area (TPSA) is 54.1 Å². The third-order valence-corrected chi connectivity index (χ3v) is 5.48. The largest absolute Gasteiger partial charge is 0.497 e. The third kappa shape index (κ3) is 4.40. The summed E-state index contributed by atoms with van der Waals surface area (Å²) in [5.74, 6) is 0.790. The molecule has 4 aromatic rings. The number of Topliss-reactive ketones (excluding diaryl/α,β-unsaturated/α-hetero) is 1. The maximum absolute atomic E-state index is 13.5. The van der Waals surface area contributed by atoms with Crippen molar-refractivity contribution in [3.63, 3.8) is 0 Å². The average molecular weight is 419 g/mol. The molecular formula is C25H23ClN2O2. The van der Waals surface area contributed by atoms with E-state index in [0.717, 1.165) is 33.7 Å². The molecule has 1 unspecified atom stereocenters. The van der Waals surface area contributed by atoms with E-state index >= 15 is 0 Å². The second kappa shape index (κ2) is 9.16. The van der Waals surface area contributed by atoms with Crippen LogP contribution in [0.3, 0.4) is 0 Å². The van der Waals surface area contributed by atoms with E-state index in [9.17, 15) is 4.79 Å². The molecule has 0 spiro atoms. The number of carbonyl (C=O) groups is 1. The van der Waals surface area contributed by atoms with E-state index in [1.54, 1.807) is 13.3 Å². The SMILES string of the molecule is COc1ccc2c(C(=O)C(NCCc3ccc(Cl)cc3)c3ccccc3)c[nH]c2c1. The Balaban J connectivity index is 1.58. The molecule has 3 aromatic carbocycles. The van der Waals surface area contributed by atoms with E-state index in [-0.39, 0.29) is 5.78 Å². The minimum absolute atomic E-state index is 0.0359. The Morgan fingerprint density at radius 2 is 1.83 bits per heavy atom. The van der Waals surface area contributed by atoms with Gasteiger partial charge in [0.1, 0.15) is 5.75 Å². The Hall–Kier alpha value is -3.08. The molecule has 0 fully saturated rings. The first kappa shape index (κ1) is 20.2. The van der Waals surface area contributed by atoms with Gasteiger partial charge in [0, 0.05) is 40.3 Å². The molecule has 0 aliphatic heterocycles. The molecule has 1 heterocycles. The summed E-state index contributed by atoms with van der Waals surface area (Å²) in [6, 6.07) is 22.9. The van der Waals surface area contributed by atoms with Crippen LogP contribution >= 0.6 is 11.6 Å². The van der Waals surface area contributed by atoms with E-state index < -0.39 is 6.04 Å². The lowest BCUT2D eigenvalue weighted by Crippen LogP contribution is -2.30. The summed E-state index contributed by atoms with van der Waals surface area (Å²) in [5.41, 5.74) is 3.66. The Morgan fingerprint density at radius 3 is 2.57 bits per heavy atom. The van der Waals surface area contributed by atoms with Gasteiger partial charge in [0.15, 0.2) is 5.78 Å². The molecule has 0 amide bonds. The van der Waals surface area contributed by atoms with Crippen molar-refractivity contribution in [2.24, 2.45) is 0 Å². The third-order valence-electron chi connectivity index (χ3n) is 5.22. The number of aromatic amines is 1. The summed E-state index contributed by atoms with van der Waals surface area (Å²) >= 11 is 5.97. The van der Waals surface area contributed by atoms with E-state index in [0.29, 0.717) is 12.1 Å². The van der Waals surface area contributed by atoms with Crippen molar-refractivity contribution in [2.45, 2.75) is 12.5 Å². The fourth-order valence-electron chi connectivity index (χ4n) is 3.61. The molecular weight excluding hydrogens is 396 g/mol. The summed E-state index contributed by atoms with van der Waals surface area (Å²) in [7, 11) is 1.63. The highest BCUT2D eigenvalue weighted by Crippen LogP contribution is 2.27. The number of benzene rings is 3. The predicted octanol–water partition coefficient (Wildman–Crippen LogP) is 5.59. The fourth-order valence-corrected chi connectivity index (χ4v) is 3.74. The Bertz CT molecular complexity index is 1140. The smallest absolute Gasteiger partial charge is 0.186 e. The zero-order valence-electron chi connectivity index (χ0n) is 16.7. The molecule has 0 aliphatic rings.